The number of likely N-dealkylation sites (N-methyl/N-ethyl adjacent to an activating group) is 1. The third-order valence-corrected chi connectivity index (χ3v) is 3.75. The van der Waals surface area contributed by atoms with Gasteiger partial charge in [0.1, 0.15) is 12.4 Å². The highest BCUT2D eigenvalue weighted by molar-refractivity contribution is 5.92. The summed E-state index contributed by atoms with van der Waals surface area (Å²) in [6.07, 6.45) is 0.276. The minimum Gasteiger partial charge on any atom is -0.492 e. The second-order valence-corrected chi connectivity index (χ2v) is 6.09. The average molecular weight is 342 g/mol. The molecular weight excluding hydrogens is 320 g/mol. The Kier molecular flexibility index (Phi) is 5.40. The summed E-state index contributed by atoms with van der Waals surface area (Å²) in [5.41, 5.74) is 1.62. The lowest BCUT2D eigenvalue weighted by Gasteiger charge is -2.11. The number of carbonyl (C=O) groups is 1. The summed E-state index contributed by atoms with van der Waals surface area (Å²) in [6.45, 7) is 1.71. The van der Waals surface area contributed by atoms with Gasteiger partial charge in [0.25, 0.3) is 0 Å². The van der Waals surface area contributed by atoms with Crippen molar-refractivity contribution in [1.29, 1.82) is 0 Å². The minimum absolute atomic E-state index is 0.0832. The molecule has 0 aromatic heterocycles. The Bertz CT molecular complexity index is 729. The van der Waals surface area contributed by atoms with Crippen LogP contribution >= 0.6 is 0 Å². The molecule has 0 saturated heterocycles. The molecule has 1 amide bonds. The predicted molar refractivity (Wildman–Crippen MR) is 95.4 cm³/mol. The standard InChI is InChI=1S/C19H22N2O4/c1-21(2)9-10-23-16-6-4-15(5-7-16)20-19(22)12-14-3-8-17-18(11-14)25-13-24-17/h3-8,11H,9-10,12-13H2,1-2H3,(H,20,22). The third kappa shape index (κ3) is 4.87. The van der Waals surface area contributed by atoms with Crippen molar-refractivity contribution in [3.05, 3.63) is 48.0 Å². The summed E-state index contributed by atoms with van der Waals surface area (Å²) in [4.78, 5) is 14.3. The van der Waals surface area contributed by atoms with Gasteiger partial charge >= 0.3 is 0 Å². The number of hydrogen-bond acceptors (Lipinski definition) is 5. The van der Waals surface area contributed by atoms with Crippen molar-refractivity contribution in [3.63, 3.8) is 0 Å². The minimum atomic E-state index is -0.0832. The molecule has 6 nitrogen and oxygen atoms in total. The molecule has 132 valence electrons. The largest absolute Gasteiger partial charge is 0.492 e. The van der Waals surface area contributed by atoms with E-state index in [2.05, 4.69) is 10.2 Å². The molecule has 0 bridgehead atoms. The van der Waals surface area contributed by atoms with Crippen LogP contribution in [0.25, 0.3) is 0 Å². The van der Waals surface area contributed by atoms with Crippen LogP contribution in [0.4, 0.5) is 5.69 Å². The van der Waals surface area contributed by atoms with Gasteiger partial charge in [-0.15, -0.1) is 0 Å². The number of anilines is 1. The maximum atomic E-state index is 12.2. The molecule has 2 aromatic rings. The van der Waals surface area contributed by atoms with Crippen molar-refractivity contribution in [3.8, 4) is 17.2 Å². The Morgan fingerprint density at radius 2 is 1.88 bits per heavy atom. The van der Waals surface area contributed by atoms with E-state index in [1.807, 2.05) is 56.6 Å². The van der Waals surface area contributed by atoms with Gasteiger partial charge in [0.05, 0.1) is 6.42 Å². The molecule has 0 spiro atoms. The van der Waals surface area contributed by atoms with Gasteiger partial charge in [0, 0.05) is 12.2 Å². The first-order chi connectivity index (χ1) is 12.1. The van der Waals surface area contributed by atoms with Crippen LogP contribution in [0.5, 0.6) is 17.2 Å². The Morgan fingerprint density at radius 1 is 1.12 bits per heavy atom. The number of hydrogen-bond donors (Lipinski definition) is 1. The zero-order valence-electron chi connectivity index (χ0n) is 14.5. The van der Waals surface area contributed by atoms with Gasteiger partial charge in [-0.05, 0) is 56.1 Å². The summed E-state index contributed by atoms with van der Waals surface area (Å²) in [5, 5.41) is 2.88. The lowest BCUT2D eigenvalue weighted by atomic mass is 10.1. The van der Waals surface area contributed by atoms with E-state index in [1.165, 1.54) is 0 Å². The first kappa shape index (κ1) is 17.1. The highest BCUT2D eigenvalue weighted by Crippen LogP contribution is 2.32. The van der Waals surface area contributed by atoms with Gasteiger partial charge in [-0.25, -0.2) is 0 Å². The van der Waals surface area contributed by atoms with E-state index >= 15 is 0 Å². The fourth-order valence-corrected chi connectivity index (χ4v) is 2.42. The highest BCUT2D eigenvalue weighted by atomic mass is 16.7. The first-order valence-corrected chi connectivity index (χ1v) is 8.16. The van der Waals surface area contributed by atoms with Crippen molar-refractivity contribution < 1.29 is 19.0 Å². The molecule has 0 fully saturated rings. The number of amides is 1. The van der Waals surface area contributed by atoms with Gasteiger partial charge in [-0.2, -0.15) is 0 Å². The zero-order valence-corrected chi connectivity index (χ0v) is 14.5. The van der Waals surface area contributed by atoms with Crippen molar-refractivity contribution in [2.45, 2.75) is 6.42 Å². The quantitative estimate of drug-likeness (QED) is 0.838. The average Bonchev–Trinajstić information content (AvgIpc) is 3.04. The number of nitrogens with zero attached hydrogens (tertiary/aromatic N) is 1. The molecular formula is C19H22N2O4. The Balaban J connectivity index is 1.51. The van der Waals surface area contributed by atoms with Gasteiger partial charge < -0.3 is 24.4 Å². The zero-order chi connectivity index (χ0) is 17.6. The molecule has 3 rings (SSSR count). The summed E-state index contributed by atoms with van der Waals surface area (Å²) in [6, 6.07) is 12.9. The number of carbonyl (C=O) groups excluding carboxylic acids is 1. The van der Waals surface area contributed by atoms with Crippen molar-refractivity contribution in [2.75, 3.05) is 39.4 Å². The lowest BCUT2D eigenvalue weighted by Crippen LogP contribution is -2.19. The van der Waals surface area contributed by atoms with Crippen LogP contribution in [-0.2, 0) is 11.2 Å². The van der Waals surface area contributed by atoms with E-state index in [9.17, 15) is 4.79 Å². The summed E-state index contributed by atoms with van der Waals surface area (Å²) < 4.78 is 16.2. The van der Waals surface area contributed by atoms with E-state index in [0.29, 0.717) is 18.1 Å². The molecule has 0 atom stereocenters. The van der Waals surface area contributed by atoms with Gasteiger partial charge in [-0.3, -0.25) is 4.79 Å². The highest BCUT2D eigenvalue weighted by Gasteiger charge is 2.14. The summed E-state index contributed by atoms with van der Waals surface area (Å²) in [5.74, 6) is 2.11. The predicted octanol–water partition coefficient (Wildman–Crippen LogP) is 2.54. The molecule has 1 aliphatic heterocycles. The summed E-state index contributed by atoms with van der Waals surface area (Å²) >= 11 is 0. The Labute approximate surface area is 147 Å². The maximum absolute atomic E-state index is 12.2. The molecule has 6 heteroatoms. The molecule has 0 aliphatic carbocycles. The van der Waals surface area contributed by atoms with E-state index < -0.39 is 0 Å². The summed E-state index contributed by atoms with van der Waals surface area (Å²) in [7, 11) is 4.00. The molecule has 0 saturated carbocycles. The molecule has 1 aliphatic rings. The van der Waals surface area contributed by atoms with Crippen LogP contribution in [0.15, 0.2) is 42.5 Å². The normalized spacial score (nSPS) is 12.3. The molecule has 1 heterocycles. The number of fused-ring (bicyclic) bond motifs is 1. The SMILES string of the molecule is CN(C)CCOc1ccc(NC(=O)Cc2ccc3c(c2)OCO3)cc1. The van der Waals surface area contributed by atoms with Crippen LogP contribution < -0.4 is 19.5 Å². The topological polar surface area (TPSA) is 60.0 Å². The fraction of sp³-hybridized carbons (Fsp3) is 0.316. The van der Waals surface area contributed by atoms with E-state index in [0.717, 1.165) is 23.5 Å². The third-order valence-electron chi connectivity index (χ3n) is 3.75. The van der Waals surface area contributed by atoms with Crippen LogP contribution in [-0.4, -0.2) is 44.8 Å². The Hall–Kier alpha value is -2.73. The second kappa shape index (κ2) is 7.90. The van der Waals surface area contributed by atoms with Gasteiger partial charge in [-0.1, -0.05) is 6.07 Å². The van der Waals surface area contributed by atoms with Crippen LogP contribution in [0.3, 0.4) is 0 Å². The monoisotopic (exact) mass is 342 g/mol. The maximum Gasteiger partial charge on any atom is 0.231 e. The number of rotatable bonds is 7. The molecule has 1 N–H and O–H groups in total. The first-order valence-electron chi connectivity index (χ1n) is 8.16. The van der Waals surface area contributed by atoms with Crippen LogP contribution in [0.1, 0.15) is 5.56 Å². The van der Waals surface area contributed by atoms with Crippen molar-refractivity contribution >= 4 is 11.6 Å². The van der Waals surface area contributed by atoms with Crippen LogP contribution in [0, 0.1) is 0 Å². The van der Waals surface area contributed by atoms with E-state index in [-0.39, 0.29) is 19.1 Å². The number of ether oxygens (including phenoxy) is 3. The van der Waals surface area contributed by atoms with Crippen molar-refractivity contribution in [2.24, 2.45) is 0 Å². The van der Waals surface area contributed by atoms with E-state index in [1.54, 1.807) is 0 Å². The fourth-order valence-electron chi connectivity index (χ4n) is 2.42. The van der Waals surface area contributed by atoms with Gasteiger partial charge in [0.15, 0.2) is 11.5 Å². The smallest absolute Gasteiger partial charge is 0.231 e. The van der Waals surface area contributed by atoms with Crippen molar-refractivity contribution in [1.82, 2.24) is 4.90 Å². The van der Waals surface area contributed by atoms with Crippen LogP contribution in [0.2, 0.25) is 0 Å². The second-order valence-electron chi connectivity index (χ2n) is 6.09. The lowest BCUT2D eigenvalue weighted by molar-refractivity contribution is -0.115. The Morgan fingerprint density at radius 3 is 2.64 bits per heavy atom. The van der Waals surface area contributed by atoms with E-state index in [4.69, 9.17) is 14.2 Å². The number of nitrogens with one attached hydrogen (secondary N) is 1. The molecule has 2 aromatic carbocycles. The number of benzene rings is 2. The molecule has 0 unspecified atom stereocenters. The molecule has 0 radical (unpaired) electrons. The van der Waals surface area contributed by atoms with Gasteiger partial charge in [0.2, 0.25) is 12.7 Å². The molecule has 25 heavy (non-hydrogen) atoms.